The standard InChI is InChI=1S/C23H36N4O3/c1-5-24-23(27-15-13-20(14-16-27)22(29)30-8-4)25-17-18-9-11-19(12-10-18)21(28)26(6-2)7-3/h9-12,20H,5-8,13-17H2,1-4H3,(H,24,25). The van der Waals surface area contributed by atoms with Crippen LogP contribution in [0, 0.1) is 5.92 Å². The van der Waals surface area contributed by atoms with E-state index in [9.17, 15) is 9.59 Å². The van der Waals surface area contributed by atoms with Crippen LogP contribution >= 0.6 is 0 Å². The van der Waals surface area contributed by atoms with Crippen molar-refractivity contribution < 1.29 is 14.3 Å². The van der Waals surface area contributed by atoms with Crippen molar-refractivity contribution in [2.24, 2.45) is 10.9 Å². The summed E-state index contributed by atoms with van der Waals surface area (Å²) in [4.78, 5) is 33.2. The minimum atomic E-state index is -0.0848. The van der Waals surface area contributed by atoms with Gasteiger partial charge in [0.2, 0.25) is 0 Å². The summed E-state index contributed by atoms with van der Waals surface area (Å²) >= 11 is 0. The Morgan fingerprint density at radius 2 is 1.73 bits per heavy atom. The predicted molar refractivity (Wildman–Crippen MR) is 119 cm³/mol. The van der Waals surface area contributed by atoms with Crippen LogP contribution in [0.15, 0.2) is 29.3 Å². The summed E-state index contributed by atoms with van der Waals surface area (Å²) in [6, 6.07) is 7.69. The number of hydrogen-bond acceptors (Lipinski definition) is 4. The lowest BCUT2D eigenvalue weighted by atomic mass is 9.97. The van der Waals surface area contributed by atoms with Gasteiger partial charge in [0.25, 0.3) is 5.91 Å². The van der Waals surface area contributed by atoms with E-state index in [-0.39, 0.29) is 17.8 Å². The zero-order valence-corrected chi connectivity index (χ0v) is 18.8. The molecule has 166 valence electrons. The molecule has 30 heavy (non-hydrogen) atoms. The number of piperidine rings is 1. The van der Waals surface area contributed by atoms with Crippen LogP contribution in [0.2, 0.25) is 0 Å². The molecule has 0 bridgehead atoms. The Bertz CT molecular complexity index is 706. The largest absolute Gasteiger partial charge is 0.466 e. The maximum atomic E-state index is 12.4. The molecule has 1 aliphatic rings. The van der Waals surface area contributed by atoms with Crippen molar-refractivity contribution in [3.63, 3.8) is 0 Å². The average molecular weight is 417 g/mol. The van der Waals surface area contributed by atoms with E-state index in [0.29, 0.717) is 31.8 Å². The molecule has 1 aliphatic heterocycles. The number of hydrogen-bond donors (Lipinski definition) is 1. The number of carbonyl (C=O) groups is 2. The molecule has 7 heteroatoms. The Kier molecular flexibility index (Phi) is 9.64. The van der Waals surface area contributed by atoms with Crippen LogP contribution in [0.5, 0.6) is 0 Å². The van der Waals surface area contributed by atoms with Crippen LogP contribution < -0.4 is 5.32 Å². The van der Waals surface area contributed by atoms with Crippen molar-refractivity contribution in [1.29, 1.82) is 0 Å². The first-order valence-electron chi connectivity index (χ1n) is 11.1. The SMILES string of the molecule is CCNC(=NCc1ccc(C(=O)N(CC)CC)cc1)N1CCC(C(=O)OCC)CC1. The maximum absolute atomic E-state index is 12.4. The van der Waals surface area contributed by atoms with Crippen molar-refractivity contribution in [1.82, 2.24) is 15.1 Å². The van der Waals surface area contributed by atoms with Gasteiger partial charge >= 0.3 is 5.97 Å². The van der Waals surface area contributed by atoms with E-state index >= 15 is 0 Å². The molecule has 7 nitrogen and oxygen atoms in total. The first kappa shape index (κ1) is 23.7. The van der Waals surface area contributed by atoms with E-state index in [2.05, 4.69) is 17.1 Å². The first-order valence-corrected chi connectivity index (χ1v) is 11.1. The van der Waals surface area contributed by atoms with Gasteiger partial charge in [-0.05, 0) is 58.2 Å². The monoisotopic (exact) mass is 416 g/mol. The summed E-state index contributed by atoms with van der Waals surface area (Å²) < 4.78 is 5.16. The minimum absolute atomic E-state index is 0.0139. The van der Waals surface area contributed by atoms with Crippen molar-refractivity contribution in [2.75, 3.05) is 39.3 Å². The third kappa shape index (κ3) is 6.47. The molecule has 0 spiro atoms. The fraction of sp³-hybridized carbons (Fsp3) is 0.609. The summed E-state index contributed by atoms with van der Waals surface area (Å²) in [5.74, 6) is 0.828. The quantitative estimate of drug-likeness (QED) is 0.401. The Morgan fingerprint density at radius 1 is 1.10 bits per heavy atom. The number of carbonyl (C=O) groups excluding carboxylic acids is 2. The number of likely N-dealkylation sites (tertiary alicyclic amines) is 1. The van der Waals surface area contributed by atoms with Gasteiger partial charge in [0, 0.05) is 38.3 Å². The molecule has 0 aromatic heterocycles. The molecule has 0 aliphatic carbocycles. The zero-order valence-electron chi connectivity index (χ0n) is 18.8. The molecular formula is C23H36N4O3. The maximum Gasteiger partial charge on any atom is 0.309 e. The zero-order chi connectivity index (χ0) is 21.9. The molecule has 0 radical (unpaired) electrons. The van der Waals surface area contributed by atoms with Gasteiger partial charge in [0.05, 0.1) is 19.1 Å². The summed E-state index contributed by atoms with van der Waals surface area (Å²) in [5, 5.41) is 3.35. The first-order chi connectivity index (χ1) is 14.5. The lowest BCUT2D eigenvalue weighted by molar-refractivity contribution is -0.149. The molecule has 1 N–H and O–H groups in total. The topological polar surface area (TPSA) is 74.2 Å². The molecule has 1 aromatic carbocycles. The number of esters is 1. The number of nitrogens with zero attached hydrogens (tertiary/aromatic N) is 3. The Hall–Kier alpha value is -2.57. The normalized spacial score (nSPS) is 15.1. The number of amides is 1. The van der Waals surface area contributed by atoms with Crippen molar-refractivity contribution in [3.8, 4) is 0 Å². The number of benzene rings is 1. The summed E-state index contributed by atoms with van der Waals surface area (Å²) in [7, 11) is 0. The van der Waals surface area contributed by atoms with E-state index in [1.807, 2.05) is 49.9 Å². The van der Waals surface area contributed by atoms with Gasteiger partial charge in [-0.1, -0.05) is 12.1 Å². The molecular weight excluding hydrogens is 380 g/mol. The van der Waals surface area contributed by atoms with Crippen LogP contribution in [0.25, 0.3) is 0 Å². The molecule has 1 saturated heterocycles. The van der Waals surface area contributed by atoms with Crippen molar-refractivity contribution in [3.05, 3.63) is 35.4 Å². The Balaban J connectivity index is 1.98. The second-order valence-corrected chi connectivity index (χ2v) is 7.36. The van der Waals surface area contributed by atoms with Crippen LogP contribution in [0.4, 0.5) is 0 Å². The van der Waals surface area contributed by atoms with Gasteiger partial charge in [-0.25, -0.2) is 4.99 Å². The van der Waals surface area contributed by atoms with E-state index in [1.54, 1.807) is 0 Å². The number of rotatable bonds is 8. The minimum Gasteiger partial charge on any atom is -0.466 e. The highest BCUT2D eigenvalue weighted by atomic mass is 16.5. The molecule has 0 atom stereocenters. The number of ether oxygens (including phenoxy) is 1. The molecule has 0 saturated carbocycles. The molecule has 1 fully saturated rings. The predicted octanol–water partition coefficient (Wildman–Crippen LogP) is 2.91. The highest BCUT2D eigenvalue weighted by Crippen LogP contribution is 2.19. The molecule has 1 aromatic rings. The Labute approximate surface area is 180 Å². The molecule has 0 unspecified atom stereocenters. The number of aliphatic imine (C=N–C) groups is 1. The highest BCUT2D eigenvalue weighted by molar-refractivity contribution is 5.94. The van der Waals surface area contributed by atoms with Crippen LogP contribution in [-0.2, 0) is 16.1 Å². The van der Waals surface area contributed by atoms with Gasteiger partial charge in [-0.15, -0.1) is 0 Å². The van der Waals surface area contributed by atoms with Crippen LogP contribution in [0.1, 0.15) is 56.5 Å². The van der Waals surface area contributed by atoms with E-state index in [4.69, 9.17) is 9.73 Å². The van der Waals surface area contributed by atoms with Gasteiger partial charge in [0.15, 0.2) is 5.96 Å². The highest BCUT2D eigenvalue weighted by Gasteiger charge is 2.27. The number of nitrogens with one attached hydrogen (secondary N) is 1. The van der Waals surface area contributed by atoms with Crippen LogP contribution in [0.3, 0.4) is 0 Å². The molecule has 1 amide bonds. The summed E-state index contributed by atoms with van der Waals surface area (Å²) in [6.45, 7) is 12.6. The lowest BCUT2D eigenvalue weighted by Gasteiger charge is -2.33. The average Bonchev–Trinajstić information content (AvgIpc) is 2.78. The third-order valence-electron chi connectivity index (χ3n) is 5.41. The Morgan fingerprint density at radius 3 is 2.27 bits per heavy atom. The van der Waals surface area contributed by atoms with Crippen molar-refractivity contribution in [2.45, 2.75) is 47.1 Å². The van der Waals surface area contributed by atoms with Gasteiger partial charge in [0.1, 0.15) is 0 Å². The van der Waals surface area contributed by atoms with E-state index < -0.39 is 0 Å². The van der Waals surface area contributed by atoms with Gasteiger partial charge in [-0.2, -0.15) is 0 Å². The molecule has 1 heterocycles. The van der Waals surface area contributed by atoms with E-state index in [0.717, 1.165) is 44.0 Å². The van der Waals surface area contributed by atoms with E-state index in [1.165, 1.54) is 0 Å². The van der Waals surface area contributed by atoms with Gasteiger partial charge < -0.3 is 19.9 Å². The van der Waals surface area contributed by atoms with Crippen molar-refractivity contribution >= 4 is 17.8 Å². The molecule has 2 rings (SSSR count). The third-order valence-corrected chi connectivity index (χ3v) is 5.41. The van der Waals surface area contributed by atoms with Gasteiger partial charge in [-0.3, -0.25) is 9.59 Å². The smallest absolute Gasteiger partial charge is 0.309 e. The second kappa shape index (κ2) is 12.2. The summed E-state index contributed by atoms with van der Waals surface area (Å²) in [5.41, 5.74) is 1.77. The lowest BCUT2D eigenvalue weighted by Crippen LogP contribution is -2.46. The second-order valence-electron chi connectivity index (χ2n) is 7.36. The summed E-state index contributed by atoms with van der Waals surface area (Å²) in [6.07, 6.45) is 1.57. The fourth-order valence-electron chi connectivity index (χ4n) is 3.63. The van der Waals surface area contributed by atoms with Crippen LogP contribution in [-0.4, -0.2) is 67.0 Å². The number of guanidine groups is 1. The fourth-order valence-corrected chi connectivity index (χ4v) is 3.63.